The summed E-state index contributed by atoms with van der Waals surface area (Å²) in [5.41, 5.74) is -4.33. The summed E-state index contributed by atoms with van der Waals surface area (Å²) in [6.07, 6.45) is 2.08. The normalized spacial score (nSPS) is 11.9. The van der Waals surface area contributed by atoms with Gasteiger partial charge >= 0.3 is 11.3 Å². The number of aromatic hydroxyl groups is 5. The molecule has 2 heterocycles. The molecule has 0 aliphatic rings. The summed E-state index contributed by atoms with van der Waals surface area (Å²) in [6, 6.07) is 4.53. The molecule has 0 radical (unpaired) electrons. The maximum Gasteiger partial charge on any atom is 0.364 e. The Bertz CT molecular complexity index is 1720. The number of hydrogen-bond acceptors (Lipinski definition) is 11. The third-order valence-corrected chi connectivity index (χ3v) is 6.07. The fraction of sp³-hybridized carbons (Fsp3) is 0.231. The van der Waals surface area contributed by atoms with Gasteiger partial charge in [-0.3, -0.25) is 9.59 Å². The Morgan fingerprint density at radius 3 is 2.18 bits per heavy atom. The summed E-state index contributed by atoms with van der Waals surface area (Å²) >= 11 is 0. The van der Waals surface area contributed by atoms with Gasteiger partial charge in [0.25, 0.3) is 5.91 Å². The molecule has 4 aromatic rings. The molecule has 7 N–H and O–H groups in total. The number of phenols is 4. The fourth-order valence-electron chi connectivity index (χ4n) is 3.97. The van der Waals surface area contributed by atoms with Gasteiger partial charge in [0.2, 0.25) is 17.4 Å². The molecule has 0 saturated heterocycles. The zero-order valence-corrected chi connectivity index (χ0v) is 20.5. The van der Waals surface area contributed by atoms with Crippen LogP contribution in [-0.4, -0.2) is 43.4 Å². The second kappa shape index (κ2) is 10.7. The minimum absolute atomic E-state index is 0.104. The molecule has 0 aliphatic carbocycles. The fourth-order valence-corrected chi connectivity index (χ4v) is 3.97. The smallest absolute Gasteiger partial charge is 0.364 e. The number of carbonyl (C=O) groups is 2. The summed E-state index contributed by atoms with van der Waals surface area (Å²) in [5, 5.41) is 54.3. The molecule has 0 bridgehead atoms. The topological polar surface area (TPSA) is 220 Å². The highest BCUT2D eigenvalue weighted by molar-refractivity contribution is 6.04. The van der Waals surface area contributed by atoms with E-state index in [1.54, 1.807) is 0 Å². The molecule has 0 aliphatic heterocycles. The first-order valence-electron chi connectivity index (χ1n) is 11.8. The number of hydrogen-bond donors (Lipinski definition) is 7. The van der Waals surface area contributed by atoms with Gasteiger partial charge in [-0.25, -0.2) is 9.59 Å². The first-order chi connectivity index (χ1) is 18.5. The van der Waals surface area contributed by atoms with Crippen molar-refractivity contribution in [3.63, 3.8) is 0 Å². The second-order valence-electron chi connectivity index (χ2n) is 8.73. The predicted molar refractivity (Wildman–Crippen MR) is 137 cm³/mol. The molecular weight excluding hydrogens is 516 g/mol. The van der Waals surface area contributed by atoms with Crippen molar-refractivity contribution in [2.24, 2.45) is 0 Å². The van der Waals surface area contributed by atoms with Gasteiger partial charge in [-0.1, -0.05) is 26.2 Å². The lowest BCUT2D eigenvalue weighted by Gasteiger charge is -2.18. The van der Waals surface area contributed by atoms with E-state index in [1.807, 2.05) is 6.92 Å². The van der Waals surface area contributed by atoms with E-state index in [0.717, 1.165) is 30.7 Å². The van der Waals surface area contributed by atoms with Crippen LogP contribution in [0.5, 0.6) is 28.7 Å². The molecule has 0 unspecified atom stereocenters. The number of phenolic OH excluding ortho intramolecular Hbond substituents is 4. The Labute approximate surface area is 218 Å². The van der Waals surface area contributed by atoms with E-state index in [2.05, 4.69) is 10.6 Å². The van der Waals surface area contributed by atoms with Crippen molar-refractivity contribution in [1.29, 1.82) is 0 Å². The predicted octanol–water partition coefficient (Wildman–Crippen LogP) is 2.74. The highest BCUT2D eigenvalue weighted by atomic mass is 16.4. The summed E-state index contributed by atoms with van der Waals surface area (Å²) in [4.78, 5) is 51.1. The minimum Gasteiger partial charge on any atom is -0.505 e. The van der Waals surface area contributed by atoms with Gasteiger partial charge < -0.3 is 45.0 Å². The van der Waals surface area contributed by atoms with Crippen LogP contribution in [0.4, 0.5) is 5.69 Å². The Balaban J connectivity index is 1.65. The molecular formula is C26H24N2O11. The van der Waals surface area contributed by atoms with E-state index >= 15 is 0 Å². The van der Waals surface area contributed by atoms with Crippen LogP contribution in [0.25, 0.3) is 21.9 Å². The van der Waals surface area contributed by atoms with Gasteiger partial charge in [0, 0.05) is 5.39 Å². The van der Waals surface area contributed by atoms with Gasteiger partial charge in [-0.2, -0.15) is 0 Å². The highest BCUT2D eigenvalue weighted by Crippen LogP contribution is 2.39. The van der Waals surface area contributed by atoms with Crippen LogP contribution in [0.1, 0.15) is 43.0 Å². The number of nitrogens with one attached hydrogen (secondary N) is 2. The second-order valence-corrected chi connectivity index (χ2v) is 8.73. The first-order valence-corrected chi connectivity index (χ1v) is 11.8. The van der Waals surface area contributed by atoms with Crippen LogP contribution in [0.3, 0.4) is 0 Å². The van der Waals surface area contributed by atoms with Gasteiger partial charge in [-0.05, 0) is 36.8 Å². The molecule has 2 aromatic carbocycles. The van der Waals surface area contributed by atoms with E-state index in [1.165, 1.54) is 6.07 Å². The standard InChI is InChI=1S/C26H24N2O11/c1-2-3-4-5-14(27-23(34)13-10-11-6-8-15(29)19(32)21(11)38-25(13)36)24(35)28-17-18(31)12-7-9-16(30)20(33)22(12)39-26(17)37/h6-10,14,29-33H,2-5H2,1H3,(H,27,34)(H,28,35)/t14-/m1/s1. The third kappa shape index (κ3) is 5.14. The lowest BCUT2D eigenvalue weighted by Crippen LogP contribution is -2.45. The van der Waals surface area contributed by atoms with Crippen molar-refractivity contribution >= 4 is 39.4 Å². The molecule has 2 amide bonds. The molecule has 13 nitrogen and oxygen atoms in total. The maximum atomic E-state index is 13.1. The summed E-state index contributed by atoms with van der Waals surface area (Å²) < 4.78 is 9.97. The Morgan fingerprint density at radius 1 is 0.846 bits per heavy atom. The van der Waals surface area contributed by atoms with Gasteiger partial charge in [0.15, 0.2) is 34.1 Å². The van der Waals surface area contributed by atoms with Gasteiger partial charge in [-0.15, -0.1) is 0 Å². The molecule has 39 heavy (non-hydrogen) atoms. The van der Waals surface area contributed by atoms with E-state index in [-0.39, 0.29) is 22.8 Å². The average Bonchev–Trinajstić information content (AvgIpc) is 2.90. The molecule has 2 aromatic heterocycles. The van der Waals surface area contributed by atoms with Crippen LogP contribution in [0.2, 0.25) is 0 Å². The summed E-state index contributed by atoms with van der Waals surface area (Å²) in [7, 11) is 0. The van der Waals surface area contributed by atoms with Crippen LogP contribution in [-0.2, 0) is 4.79 Å². The van der Waals surface area contributed by atoms with Crippen LogP contribution in [0.15, 0.2) is 48.8 Å². The van der Waals surface area contributed by atoms with E-state index in [9.17, 15) is 44.7 Å². The zero-order valence-electron chi connectivity index (χ0n) is 20.5. The Kier molecular flexibility index (Phi) is 7.33. The molecule has 0 fully saturated rings. The number of benzene rings is 2. The molecule has 204 valence electrons. The van der Waals surface area contributed by atoms with Crippen molar-refractivity contribution in [2.45, 2.75) is 38.6 Å². The largest absolute Gasteiger partial charge is 0.505 e. The van der Waals surface area contributed by atoms with E-state index in [0.29, 0.717) is 12.8 Å². The number of fused-ring (bicyclic) bond motifs is 2. The van der Waals surface area contributed by atoms with Crippen LogP contribution >= 0.6 is 0 Å². The minimum atomic E-state index is -1.27. The number of rotatable bonds is 8. The number of carbonyl (C=O) groups excluding carboxylic acids is 2. The SMILES string of the molecule is CCCCC[C@@H](NC(=O)c1cc2ccc(O)c(O)c2oc1=O)C(=O)Nc1c(O)c2ccc(O)c(O)c2oc1=O. The van der Waals surface area contributed by atoms with E-state index < -0.39 is 74.7 Å². The molecule has 1 atom stereocenters. The van der Waals surface area contributed by atoms with Crippen molar-refractivity contribution in [3.05, 3.63) is 56.7 Å². The van der Waals surface area contributed by atoms with Crippen molar-refractivity contribution < 1.29 is 44.0 Å². The molecule has 0 saturated carbocycles. The van der Waals surface area contributed by atoms with Gasteiger partial charge in [0.05, 0.1) is 5.39 Å². The van der Waals surface area contributed by atoms with Gasteiger partial charge in [0.1, 0.15) is 11.6 Å². The van der Waals surface area contributed by atoms with Crippen molar-refractivity contribution in [3.8, 4) is 28.7 Å². The Morgan fingerprint density at radius 2 is 1.49 bits per heavy atom. The number of amides is 2. The molecule has 4 rings (SSSR count). The van der Waals surface area contributed by atoms with Crippen LogP contribution < -0.4 is 21.9 Å². The molecule has 0 spiro atoms. The monoisotopic (exact) mass is 540 g/mol. The highest BCUT2D eigenvalue weighted by Gasteiger charge is 2.27. The Hall–Kier alpha value is -5.20. The molecule has 13 heteroatoms. The van der Waals surface area contributed by atoms with Crippen LogP contribution in [0, 0.1) is 0 Å². The summed E-state index contributed by atoms with van der Waals surface area (Å²) in [5.74, 6) is -5.19. The average molecular weight is 540 g/mol. The van der Waals surface area contributed by atoms with E-state index in [4.69, 9.17) is 8.83 Å². The maximum absolute atomic E-state index is 13.1. The third-order valence-electron chi connectivity index (χ3n) is 6.07. The number of unbranched alkanes of at least 4 members (excludes halogenated alkanes) is 2. The van der Waals surface area contributed by atoms with Crippen molar-refractivity contribution in [2.75, 3.05) is 5.32 Å². The summed E-state index contributed by atoms with van der Waals surface area (Å²) in [6.45, 7) is 1.92. The lowest BCUT2D eigenvalue weighted by molar-refractivity contribution is -0.118. The quantitative estimate of drug-likeness (QED) is 0.0978. The number of anilines is 1. The van der Waals surface area contributed by atoms with Crippen molar-refractivity contribution in [1.82, 2.24) is 5.32 Å². The first kappa shape index (κ1) is 26.9. The lowest BCUT2D eigenvalue weighted by atomic mass is 10.1. The zero-order chi connectivity index (χ0) is 28.4.